The number of aromatic carboxylic acids is 1. The summed E-state index contributed by atoms with van der Waals surface area (Å²) >= 11 is 0. The highest BCUT2D eigenvalue weighted by molar-refractivity contribution is 5.87. The van der Waals surface area contributed by atoms with Crippen LogP contribution >= 0.6 is 0 Å². The van der Waals surface area contributed by atoms with E-state index in [1.165, 1.54) is 0 Å². The van der Waals surface area contributed by atoms with Crippen molar-refractivity contribution in [1.82, 2.24) is 20.9 Å². The molecular formula is C15H22N4O3. The molecule has 0 radical (unpaired) electrons. The molecule has 0 aliphatic carbocycles. The van der Waals surface area contributed by atoms with Crippen molar-refractivity contribution >= 4 is 12.0 Å². The van der Waals surface area contributed by atoms with Gasteiger partial charge in [-0.2, -0.15) is 0 Å². The van der Waals surface area contributed by atoms with E-state index in [4.69, 9.17) is 5.11 Å². The number of amides is 2. The van der Waals surface area contributed by atoms with Gasteiger partial charge in [-0.1, -0.05) is 12.1 Å². The first-order valence-electron chi connectivity index (χ1n) is 7.29. The zero-order valence-electron chi connectivity index (χ0n) is 13.2. The fraction of sp³-hybridized carbons (Fsp3) is 0.467. The molecule has 1 aliphatic rings. The predicted molar refractivity (Wildman–Crippen MR) is 81.8 cm³/mol. The van der Waals surface area contributed by atoms with Crippen molar-refractivity contribution in [3.63, 3.8) is 0 Å². The molecule has 7 heteroatoms. The first-order chi connectivity index (χ1) is 10.3. The minimum Gasteiger partial charge on any atom is -0.478 e. The summed E-state index contributed by atoms with van der Waals surface area (Å²) in [5.74, 6) is -0.959. The molecule has 1 heterocycles. The minimum atomic E-state index is -0.959. The summed E-state index contributed by atoms with van der Waals surface area (Å²) in [6, 6.07) is 6.44. The van der Waals surface area contributed by atoms with Gasteiger partial charge in [-0.15, -0.1) is 0 Å². The smallest absolute Gasteiger partial charge is 0.349 e. The standard InChI is InChI=1S/C15H22N4O3/c1-9(2)18-15(22)19(10(3)4)17-13(16-18)11-5-7-12(8-6-11)14(20)21/h5-10,13,16-17H,1-4H3,(H,20,21). The van der Waals surface area contributed by atoms with Gasteiger partial charge in [-0.25, -0.2) is 20.4 Å². The number of hydrogen-bond acceptors (Lipinski definition) is 4. The molecule has 1 fully saturated rings. The van der Waals surface area contributed by atoms with Crippen LogP contribution in [0.3, 0.4) is 0 Å². The van der Waals surface area contributed by atoms with Crippen molar-refractivity contribution in [2.75, 3.05) is 0 Å². The van der Waals surface area contributed by atoms with E-state index in [1.54, 1.807) is 34.3 Å². The Labute approximate surface area is 129 Å². The molecule has 1 aromatic rings. The van der Waals surface area contributed by atoms with Gasteiger partial charge < -0.3 is 5.11 Å². The van der Waals surface area contributed by atoms with E-state index < -0.39 is 5.97 Å². The number of carbonyl (C=O) groups excluding carboxylic acids is 1. The number of carbonyl (C=O) groups is 2. The van der Waals surface area contributed by atoms with E-state index >= 15 is 0 Å². The van der Waals surface area contributed by atoms with Crippen molar-refractivity contribution in [3.05, 3.63) is 35.4 Å². The lowest BCUT2D eigenvalue weighted by Crippen LogP contribution is -2.67. The predicted octanol–water partition coefficient (Wildman–Crippen LogP) is 1.95. The van der Waals surface area contributed by atoms with E-state index in [1.807, 2.05) is 27.7 Å². The van der Waals surface area contributed by atoms with Crippen LogP contribution in [-0.2, 0) is 0 Å². The van der Waals surface area contributed by atoms with Gasteiger partial charge in [0.15, 0.2) is 0 Å². The Morgan fingerprint density at radius 2 is 1.50 bits per heavy atom. The number of hydrogen-bond donors (Lipinski definition) is 3. The Morgan fingerprint density at radius 1 is 1.05 bits per heavy atom. The van der Waals surface area contributed by atoms with Crippen LogP contribution in [0, 0.1) is 0 Å². The number of rotatable bonds is 4. The van der Waals surface area contributed by atoms with Gasteiger partial charge in [0, 0.05) is 12.1 Å². The van der Waals surface area contributed by atoms with E-state index in [9.17, 15) is 9.59 Å². The topological polar surface area (TPSA) is 84.9 Å². The zero-order valence-corrected chi connectivity index (χ0v) is 13.2. The zero-order chi connectivity index (χ0) is 16.4. The van der Waals surface area contributed by atoms with Crippen molar-refractivity contribution in [2.24, 2.45) is 0 Å². The third kappa shape index (κ3) is 3.20. The van der Waals surface area contributed by atoms with Gasteiger partial charge in [-0.05, 0) is 45.4 Å². The molecule has 0 aromatic heterocycles. The summed E-state index contributed by atoms with van der Waals surface area (Å²) in [6.07, 6.45) is -0.301. The van der Waals surface area contributed by atoms with E-state index in [0.717, 1.165) is 5.56 Å². The van der Waals surface area contributed by atoms with E-state index in [-0.39, 0.29) is 29.8 Å². The second kappa shape index (κ2) is 6.33. The Bertz CT molecular complexity index is 536. The van der Waals surface area contributed by atoms with Crippen LogP contribution in [-0.4, -0.2) is 39.2 Å². The maximum Gasteiger partial charge on any atom is 0.349 e. The summed E-state index contributed by atoms with van der Waals surface area (Å²) < 4.78 is 0. The van der Waals surface area contributed by atoms with Gasteiger partial charge in [0.1, 0.15) is 6.17 Å². The summed E-state index contributed by atoms with van der Waals surface area (Å²) in [6.45, 7) is 7.72. The quantitative estimate of drug-likeness (QED) is 0.791. The Hall–Kier alpha value is -2.12. The maximum atomic E-state index is 12.4. The number of urea groups is 1. The summed E-state index contributed by atoms with van der Waals surface area (Å²) in [4.78, 5) is 23.3. The molecule has 120 valence electrons. The van der Waals surface area contributed by atoms with Crippen LogP contribution < -0.4 is 10.9 Å². The van der Waals surface area contributed by atoms with Gasteiger partial charge in [-0.3, -0.25) is 10.0 Å². The second-order valence-corrected chi connectivity index (χ2v) is 5.83. The lowest BCUT2D eigenvalue weighted by Gasteiger charge is -2.44. The summed E-state index contributed by atoms with van der Waals surface area (Å²) in [5, 5.41) is 12.1. The monoisotopic (exact) mass is 306 g/mol. The molecule has 0 spiro atoms. The van der Waals surface area contributed by atoms with Crippen molar-refractivity contribution < 1.29 is 14.7 Å². The number of benzene rings is 1. The highest BCUT2D eigenvalue weighted by Gasteiger charge is 2.34. The molecule has 2 rings (SSSR count). The molecule has 1 aliphatic heterocycles. The van der Waals surface area contributed by atoms with Gasteiger partial charge >= 0.3 is 12.0 Å². The maximum absolute atomic E-state index is 12.4. The molecule has 2 amide bonds. The van der Waals surface area contributed by atoms with Gasteiger partial charge in [0.25, 0.3) is 0 Å². The lowest BCUT2D eigenvalue weighted by atomic mass is 10.1. The fourth-order valence-corrected chi connectivity index (χ4v) is 2.24. The van der Waals surface area contributed by atoms with Crippen LogP contribution in [0.15, 0.2) is 24.3 Å². The molecular weight excluding hydrogens is 284 g/mol. The number of hydrazine groups is 2. The van der Waals surface area contributed by atoms with Crippen LogP contribution in [0.25, 0.3) is 0 Å². The molecule has 0 atom stereocenters. The van der Waals surface area contributed by atoms with E-state index in [0.29, 0.717) is 0 Å². The normalized spacial score (nSPS) is 16.7. The van der Waals surface area contributed by atoms with Crippen LogP contribution in [0.1, 0.15) is 49.8 Å². The van der Waals surface area contributed by atoms with Crippen molar-refractivity contribution in [2.45, 2.75) is 45.9 Å². The highest BCUT2D eigenvalue weighted by Crippen LogP contribution is 2.19. The SMILES string of the molecule is CC(C)N1NC(c2ccc(C(=O)O)cc2)NN(C(C)C)C1=O. The molecule has 0 saturated carbocycles. The average molecular weight is 306 g/mol. The number of carboxylic acid groups (broad SMARTS) is 1. The lowest BCUT2D eigenvalue weighted by molar-refractivity contribution is 0.00380. The number of nitrogens with zero attached hydrogens (tertiary/aromatic N) is 2. The molecule has 0 bridgehead atoms. The number of nitrogens with one attached hydrogen (secondary N) is 2. The molecule has 0 unspecified atom stereocenters. The molecule has 22 heavy (non-hydrogen) atoms. The van der Waals surface area contributed by atoms with Crippen LogP contribution in [0.4, 0.5) is 4.79 Å². The molecule has 1 aromatic carbocycles. The van der Waals surface area contributed by atoms with Crippen molar-refractivity contribution in [1.29, 1.82) is 0 Å². The van der Waals surface area contributed by atoms with Crippen LogP contribution in [0.5, 0.6) is 0 Å². The number of carboxylic acids is 1. The third-order valence-electron chi connectivity index (χ3n) is 3.47. The highest BCUT2D eigenvalue weighted by atomic mass is 16.4. The Balaban J connectivity index is 2.26. The third-order valence-corrected chi connectivity index (χ3v) is 3.47. The van der Waals surface area contributed by atoms with Crippen LogP contribution in [0.2, 0.25) is 0 Å². The molecule has 7 nitrogen and oxygen atoms in total. The second-order valence-electron chi connectivity index (χ2n) is 5.83. The first-order valence-corrected chi connectivity index (χ1v) is 7.29. The molecule has 3 N–H and O–H groups in total. The summed E-state index contributed by atoms with van der Waals surface area (Å²) in [7, 11) is 0. The Kier molecular flexibility index (Phi) is 4.68. The van der Waals surface area contributed by atoms with Gasteiger partial charge in [0.2, 0.25) is 0 Å². The van der Waals surface area contributed by atoms with Gasteiger partial charge in [0.05, 0.1) is 5.56 Å². The van der Waals surface area contributed by atoms with Crippen molar-refractivity contribution in [3.8, 4) is 0 Å². The first kappa shape index (κ1) is 16.3. The summed E-state index contributed by atoms with van der Waals surface area (Å²) in [5.41, 5.74) is 7.36. The average Bonchev–Trinajstić information content (AvgIpc) is 2.47. The Morgan fingerprint density at radius 3 is 1.86 bits per heavy atom. The molecule has 1 saturated heterocycles. The fourth-order valence-electron chi connectivity index (χ4n) is 2.24. The largest absolute Gasteiger partial charge is 0.478 e. The minimum absolute atomic E-state index is 0.00311. The van der Waals surface area contributed by atoms with E-state index in [2.05, 4.69) is 10.9 Å².